The van der Waals surface area contributed by atoms with Crippen molar-refractivity contribution in [3.05, 3.63) is 65.2 Å². The number of amides is 2. The highest BCUT2D eigenvalue weighted by Gasteiger charge is 2.14. The van der Waals surface area contributed by atoms with Crippen LogP contribution in [0.2, 0.25) is 0 Å². The van der Waals surface area contributed by atoms with E-state index in [0.29, 0.717) is 18.5 Å². The van der Waals surface area contributed by atoms with Crippen molar-refractivity contribution in [1.82, 2.24) is 10.6 Å². The molecule has 0 saturated heterocycles. The van der Waals surface area contributed by atoms with Crippen molar-refractivity contribution in [3.63, 3.8) is 0 Å². The molecule has 8 heteroatoms. The topological polar surface area (TPSA) is 118 Å². The monoisotopic (exact) mass is 417 g/mol. The van der Waals surface area contributed by atoms with Gasteiger partial charge in [0, 0.05) is 12.1 Å². The molecule has 0 radical (unpaired) electrons. The minimum atomic E-state index is -3.71. The Kier molecular flexibility index (Phi) is 7.16. The van der Waals surface area contributed by atoms with Crippen LogP contribution in [-0.4, -0.2) is 33.3 Å². The molecule has 2 aromatic carbocycles. The molecule has 0 atom stereocenters. The Labute approximate surface area is 171 Å². The maximum absolute atomic E-state index is 12.2. The van der Waals surface area contributed by atoms with Crippen LogP contribution >= 0.6 is 0 Å². The van der Waals surface area contributed by atoms with Gasteiger partial charge in [-0.25, -0.2) is 13.6 Å². The predicted molar refractivity (Wildman–Crippen MR) is 112 cm³/mol. The minimum absolute atomic E-state index is 0.00773. The summed E-state index contributed by atoms with van der Waals surface area (Å²) >= 11 is 0. The molecule has 0 aromatic heterocycles. The van der Waals surface area contributed by atoms with E-state index in [-0.39, 0.29) is 28.7 Å². The minimum Gasteiger partial charge on any atom is -0.354 e. The number of carbonyl (C=O) groups excluding carboxylic acids is 2. The summed E-state index contributed by atoms with van der Waals surface area (Å²) in [6.07, 6.45) is 0.527. The molecular weight excluding hydrogens is 390 g/mol. The second-order valence-corrected chi connectivity index (χ2v) is 9.36. The summed E-state index contributed by atoms with van der Waals surface area (Å²) in [6.45, 7) is 6.54. The van der Waals surface area contributed by atoms with Gasteiger partial charge in [-0.1, -0.05) is 45.0 Å². The highest BCUT2D eigenvalue weighted by atomic mass is 32.2. The largest absolute Gasteiger partial charge is 0.354 e. The van der Waals surface area contributed by atoms with E-state index < -0.39 is 10.0 Å². The Morgan fingerprint density at radius 3 is 2.03 bits per heavy atom. The third-order valence-corrected chi connectivity index (χ3v) is 5.34. The van der Waals surface area contributed by atoms with Crippen LogP contribution in [0, 0.1) is 0 Å². The Hall–Kier alpha value is -2.71. The summed E-state index contributed by atoms with van der Waals surface area (Å²) in [5.41, 5.74) is 2.50. The smallest absolute Gasteiger partial charge is 0.251 e. The van der Waals surface area contributed by atoms with Crippen LogP contribution in [0.15, 0.2) is 53.4 Å². The number of nitrogens with one attached hydrogen (secondary N) is 2. The lowest BCUT2D eigenvalue weighted by Gasteiger charge is -2.19. The number of rotatable bonds is 7. The maximum atomic E-state index is 12.2. The van der Waals surface area contributed by atoms with Gasteiger partial charge in [0.15, 0.2) is 0 Å². The molecule has 0 heterocycles. The van der Waals surface area contributed by atoms with Gasteiger partial charge < -0.3 is 10.6 Å². The van der Waals surface area contributed by atoms with Crippen LogP contribution in [0.5, 0.6) is 0 Å². The molecular formula is C21H27N3O4S. The van der Waals surface area contributed by atoms with Crippen LogP contribution in [0.3, 0.4) is 0 Å². The molecule has 0 saturated carbocycles. The van der Waals surface area contributed by atoms with Crippen LogP contribution in [-0.2, 0) is 26.7 Å². The normalized spacial score (nSPS) is 11.7. The zero-order chi connectivity index (χ0) is 21.7. The Morgan fingerprint density at radius 1 is 0.931 bits per heavy atom. The molecule has 0 aliphatic rings. The average Bonchev–Trinajstić information content (AvgIpc) is 2.65. The first-order valence-corrected chi connectivity index (χ1v) is 10.8. The first-order valence-electron chi connectivity index (χ1n) is 9.24. The Bertz CT molecular complexity index is 960. The van der Waals surface area contributed by atoms with E-state index in [1.807, 2.05) is 12.1 Å². The fourth-order valence-corrected chi connectivity index (χ4v) is 3.15. The van der Waals surface area contributed by atoms with E-state index in [1.165, 1.54) is 12.1 Å². The van der Waals surface area contributed by atoms with Crippen molar-refractivity contribution < 1.29 is 18.0 Å². The van der Waals surface area contributed by atoms with Crippen LogP contribution in [0.1, 0.15) is 42.3 Å². The molecule has 0 aliphatic carbocycles. The number of primary sulfonamides is 1. The third-order valence-electron chi connectivity index (χ3n) is 4.41. The first-order chi connectivity index (χ1) is 13.5. The quantitative estimate of drug-likeness (QED) is 0.635. The highest BCUT2D eigenvalue weighted by Crippen LogP contribution is 2.22. The van der Waals surface area contributed by atoms with E-state index in [1.54, 1.807) is 24.3 Å². The molecule has 0 bridgehead atoms. The Balaban J connectivity index is 1.76. The molecule has 29 heavy (non-hydrogen) atoms. The number of carbonyl (C=O) groups is 2. The summed E-state index contributed by atoms with van der Waals surface area (Å²) in [4.78, 5) is 24.1. The molecule has 4 N–H and O–H groups in total. The van der Waals surface area contributed by atoms with Gasteiger partial charge in [0.1, 0.15) is 0 Å². The lowest BCUT2D eigenvalue weighted by atomic mass is 9.87. The summed E-state index contributed by atoms with van der Waals surface area (Å²) in [5, 5.41) is 10.4. The van der Waals surface area contributed by atoms with E-state index in [9.17, 15) is 18.0 Å². The van der Waals surface area contributed by atoms with Crippen molar-refractivity contribution in [1.29, 1.82) is 0 Å². The predicted octanol–water partition coefficient (Wildman–Crippen LogP) is 1.72. The van der Waals surface area contributed by atoms with Crippen molar-refractivity contribution in [2.45, 2.75) is 37.5 Å². The van der Waals surface area contributed by atoms with Crippen molar-refractivity contribution in [2.75, 3.05) is 13.1 Å². The van der Waals surface area contributed by atoms with Gasteiger partial charge >= 0.3 is 0 Å². The van der Waals surface area contributed by atoms with E-state index in [0.717, 1.165) is 11.1 Å². The summed E-state index contributed by atoms with van der Waals surface area (Å²) < 4.78 is 22.4. The third kappa shape index (κ3) is 6.99. The fourth-order valence-electron chi connectivity index (χ4n) is 2.64. The van der Waals surface area contributed by atoms with Crippen molar-refractivity contribution >= 4 is 21.8 Å². The van der Waals surface area contributed by atoms with Gasteiger partial charge in [0.2, 0.25) is 15.9 Å². The number of hydrogen-bond acceptors (Lipinski definition) is 4. The summed E-state index contributed by atoms with van der Waals surface area (Å²) in [7, 11) is -3.71. The van der Waals surface area contributed by atoms with Gasteiger partial charge in [-0.2, -0.15) is 0 Å². The molecule has 2 amide bonds. The second kappa shape index (κ2) is 9.19. The standard InChI is InChI=1S/C21H27N3O4S/c1-21(2,3)17-8-6-16(7-9-17)20(26)24-14-19(25)23-13-12-15-4-10-18(11-5-15)29(22,27)28/h4-11H,12-14H2,1-3H3,(H,23,25)(H,24,26)(H2,22,27,28). The average molecular weight is 418 g/mol. The molecule has 7 nitrogen and oxygen atoms in total. The number of sulfonamides is 1. The lowest BCUT2D eigenvalue weighted by molar-refractivity contribution is -0.120. The van der Waals surface area contributed by atoms with E-state index >= 15 is 0 Å². The van der Waals surface area contributed by atoms with Crippen molar-refractivity contribution in [3.8, 4) is 0 Å². The number of hydrogen-bond donors (Lipinski definition) is 3. The fraction of sp³-hybridized carbons (Fsp3) is 0.333. The van der Waals surface area contributed by atoms with Crippen LogP contribution < -0.4 is 15.8 Å². The van der Waals surface area contributed by atoms with Gasteiger partial charge in [0.25, 0.3) is 5.91 Å². The SMILES string of the molecule is CC(C)(C)c1ccc(C(=O)NCC(=O)NCCc2ccc(S(N)(=O)=O)cc2)cc1. The summed E-state index contributed by atoms with van der Waals surface area (Å²) in [6, 6.07) is 13.5. The van der Waals surface area contributed by atoms with E-state index in [2.05, 4.69) is 31.4 Å². The van der Waals surface area contributed by atoms with Gasteiger partial charge in [-0.3, -0.25) is 9.59 Å². The van der Waals surface area contributed by atoms with Crippen molar-refractivity contribution in [2.24, 2.45) is 5.14 Å². The molecule has 156 valence electrons. The molecule has 2 aromatic rings. The van der Waals surface area contributed by atoms with Gasteiger partial charge in [-0.15, -0.1) is 0 Å². The first kappa shape index (κ1) is 22.6. The Morgan fingerprint density at radius 2 is 1.52 bits per heavy atom. The van der Waals surface area contributed by atoms with Gasteiger partial charge in [-0.05, 0) is 47.2 Å². The molecule has 2 rings (SSSR count). The van der Waals surface area contributed by atoms with Crippen LogP contribution in [0.4, 0.5) is 0 Å². The zero-order valence-electron chi connectivity index (χ0n) is 16.9. The molecule has 0 spiro atoms. The molecule has 0 fully saturated rings. The second-order valence-electron chi connectivity index (χ2n) is 7.80. The van der Waals surface area contributed by atoms with Crippen LogP contribution in [0.25, 0.3) is 0 Å². The molecule has 0 unspecified atom stereocenters. The molecule has 0 aliphatic heterocycles. The summed E-state index contributed by atoms with van der Waals surface area (Å²) in [5.74, 6) is -0.606. The number of benzene rings is 2. The van der Waals surface area contributed by atoms with Gasteiger partial charge in [0.05, 0.1) is 11.4 Å². The number of nitrogens with two attached hydrogens (primary N) is 1. The highest BCUT2D eigenvalue weighted by molar-refractivity contribution is 7.89. The maximum Gasteiger partial charge on any atom is 0.251 e. The zero-order valence-corrected chi connectivity index (χ0v) is 17.7. The van der Waals surface area contributed by atoms with E-state index in [4.69, 9.17) is 5.14 Å². The lowest BCUT2D eigenvalue weighted by Crippen LogP contribution is -2.37.